The lowest BCUT2D eigenvalue weighted by atomic mass is 9.86. The second-order valence-corrected chi connectivity index (χ2v) is 4.78. The average molecular weight is 284 g/mol. The van der Waals surface area contributed by atoms with Gasteiger partial charge < -0.3 is 9.47 Å². The van der Waals surface area contributed by atoms with Gasteiger partial charge in [-0.25, -0.2) is 0 Å². The van der Waals surface area contributed by atoms with E-state index in [1.807, 2.05) is 26.0 Å². The topological polar surface area (TPSA) is 42.2 Å². The number of nitriles is 1. The summed E-state index contributed by atoms with van der Waals surface area (Å²) < 4.78 is 11.2. The highest BCUT2D eigenvalue weighted by Gasteiger charge is 2.24. The van der Waals surface area contributed by atoms with Gasteiger partial charge in [-0.1, -0.05) is 15.9 Å². The van der Waals surface area contributed by atoms with E-state index in [1.165, 1.54) is 0 Å². The zero-order valence-corrected chi connectivity index (χ0v) is 11.4. The molecular weight excluding hydrogens is 270 g/mol. The molecule has 0 spiro atoms. The van der Waals surface area contributed by atoms with Crippen LogP contribution in [0.4, 0.5) is 0 Å². The fourth-order valence-corrected chi connectivity index (χ4v) is 2.21. The minimum Gasteiger partial charge on any atom is -0.493 e. The van der Waals surface area contributed by atoms with Gasteiger partial charge in [0.25, 0.3) is 0 Å². The Kier molecular flexibility index (Phi) is 3.82. The van der Waals surface area contributed by atoms with Gasteiger partial charge in [0, 0.05) is 4.47 Å². The Hall–Kier alpha value is -1.21. The summed E-state index contributed by atoms with van der Waals surface area (Å²) in [7, 11) is 3.16. The van der Waals surface area contributed by atoms with Crippen LogP contribution in [-0.2, 0) is 5.41 Å². The number of halogens is 1. The van der Waals surface area contributed by atoms with Crippen LogP contribution in [-0.4, -0.2) is 14.2 Å². The maximum atomic E-state index is 9.12. The molecule has 3 nitrogen and oxygen atoms in total. The monoisotopic (exact) mass is 283 g/mol. The molecule has 0 aliphatic carbocycles. The van der Waals surface area contributed by atoms with E-state index in [-0.39, 0.29) is 0 Å². The van der Waals surface area contributed by atoms with Crippen molar-refractivity contribution in [3.8, 4) is 17.6 Å². The second-order valence-electron chi connectivity index (χ2n) is 3.92. The molecule has 86 valence electrons. The van der Waals surface area contributed by atoms with Crippen molar-refractivity contribution >= 4 is 15.9 Å². The highest BCUT2D eigenvalue weighted by molar-refractivity contribution is 9.10. The molecule has 1 aromatic carbocycles. The second kappa shape index (κ2) is 4.75. The van der Waals surface area contributed by atoms with Gasteiger partial charge >= 0.3 is 0 Å². The molecule has 1 rings (SSSR count). The van der Waals surface area contributed by atoms with E-state index in [0.717, 1.165) is 10.0 Å². The Bertz CT molecular complexity index is 435. The first kappa shape index (κ1) is 12.9. The molecule has 0 atom stereocenters. The van der Waals surface area contributed by atoms with E-state index >= 15 is 0 Å². The van der Waals surface area contributed by atoms with Crippen molar-refractivity contribution in [2.75, 3.05) is 14.2 Å². The first-order valence-corrected chi connectivity index (χ1v) is 5.59. The zero-order chi connectivity index (χ0) is 12.3. The number of hydrogen-bond donors (Lipinski definition) is 0. The molecule has 0 N–H and O–H groups in total. The van der Waals surface area contributed by atoms with Gasteiger partial charge in [0.1, 0.15) is 0 Å². The third-order valence-corrected chi connectivity index (χ3v) is 3.08. The van der Waals surface area contributed by atoms with Crippen molar-refractivity contribution in [3.63, 3.8) is 0 Å². The Morgan fingerprint density at radius 2 is 1.69 bits per heavy atom. The molecule has 0 amide bonds. The van der Waals surface area contributed by atoms with E-state index in [2.05, 4.69) is 22.0 Å². The van der Waals surface area contributed by atoms with Gasteiger partial charge in [-0.05, 0) is 31.5 Å². The fourth-order valence-electron chi connectivity index (χ4n) is 1.39. The van der Waals surface area contributed by atoms with Crippen LogP contribution in [0, 0.1) is 11.3 Å². The van der Waals surface area contributed by atoms with Crippen molar-refractivity contribution in [1.29, 1.82) is 5.26 Å². The van der Waals surface area contributed by atoms with Crippen LogP contribution in [0.25, 0.3) is 0 Å². The Morgan fingerprint density at radius 3 is 2.12 bits per heavy atom. The molecule has 0 radical (unpaired) electrons. The van der Waals surface area contributed by atoms with Gasteiger partial charge in [0.05, 0.1) is 25.7 Å². The fraction of sp³-hybridized carbons (Fsp3) is 0.417. The lowest BCUT2D eigenvalue weighted by Gasteiger charge is -2.20. The smallest absolute Gasteiger partial charge is 0.161 e. The summed E-state index contributed by atoms with van der Waals surface area (Å²) in [6.07, 6.45) is 0. The van der Waals surface area contributed by atoms with Crippen LogP contribution >= 0.6 is 15.9 Å². The normalized spacial score (nSPS) is 10.8. The van der Waals surface area contributed by atoms with Crippen molar-refractivity contribution in [1.82, 2.24) is 0 Å². The zero-order valence-electron chi connectivity index (χ0n) is 9.80. The van der Waals surface area contributed by atoms with Gasteiger partial charge in [-0.2, -0.15) is 5.26 Å². The van der Waals surface area contributed by atoms with Crippen LogP contribution in [0.5, 0.6) is 11.5 Å². The number of benzene rings is 1. The number of rotatable bonds is 3. The van der Waals surface area contributed by atoms with Crippen molar-refractivity contribution in [3.05, 3.63) is 22.2 Å². The molecule has 0 heterocycles. The van der Waals surface area contributed by atoms with E-state index in [0.29, 0.717) is 11.5 Å². The lowest BCUT2D eigenvalue weighted by molar-refractivity contribution is 0.353. The summed E-state index contributed by atoms with van der Waals surface area (Å²) in [6.45, 7) is 3.72. The van der Waals surface area contributed by atoms with Gasteiger partial charge in [-0.15, -0.1) is 0 Å². The number of nitrogens with zero attached hydrogens (tertiary/aromatic N) is 1. The third kappa shape index (κ3) is 2.30. The SMILES string of the molecule is COc1cc(Br)c(C(C)(C)C#N)cc1OC. The largest absolute Gasteiger partial charge is 0.493 e. The summed E-state index contributed by atoms with van der Waals surface area (Å²) in [5.41, 5.74) is 0.311. The molecule has 0 aromatic heterocycles. The molecule has 1 aromatic rings. The number of ether oxygens (including phenoxy) is 2. The summed E-state index contributed by atoms with van der Waals surface area (Å²) in [5, 5.41) is 9.12. The van der Waals surface area contributed by atoms with Crippen LogP contribution in [0.15, 0.2) is 16.6 Å². The van der Waals surface area contributed by atoms with Crippen LogP contribution < -0.4 is 9.47 Å². The van der Waals surface area contributed by atoms with Crippen molar-refractivity contribution in [2.45, 2.75) is 19.3 Å². The van der Waals surface area contributed by atoms with Crippen LogP contribution in [0.2, 0.25) is 0 Å². The molecular formula is C12H14BrNO2. The van der Waals surface area contributed by atoms with Crippen molar-refractivity contribution < 1.29 is 9.47 Å². The Morgan fingerprint density at radius 1 is 1.19 bits per heavy atom. The average Bonchev–Trinajstić information content (AvgIpc) is 2.28. The minimum absolute atomic E-state index is 0.571. The number of methoxy groups -OCH3 is 2. The summed E-state index contributed by atoms with van der Waals surface area (Å²) in [6, 6.07) is 5.90. The van der Waals surface area contributed by atoms with Gasteiger partial charge in [0.2, 0.25) is 0 Å². The minimum atomic E-state index is -0.571. The molecule has 4 heteroatoms. The van der Waals surface area contributed by atoms with E-state index < -0.39 is 5.41 Å². The first-order valence-electron chi connectivity index (χ1n) is 4.79. The summed E-state index contributed by atoms with van der Waals surface area (Å²) in [5.74, 6) is 1.27. The molecule has 0 saturated carbocycles. The predicted molar refractivity (Wildman–Crippen MR) is 65.9 cm³/mol. The highest BCUT2D eigenvalue weighted by Crippen LogP contribution is 2.38. The predicted octanol–water partition coefficient (Wildman–Crippen LogP) is 3.27. The maximum absolute atomic E-state index is 9.12. The lowest BCUT2D eigenvalue weighted by Crippen LogP contribution is -2.15. The molecule has 0 bridgehead atoms. The van der Waals surface area contributed by atoms with Crippen molar-refractivity contribution in [2.24, 2.45) is 0 Å². The third-order valence-electron chi connectivity index (χ3n) is 2.43. The first-order chi connectivity index (χ1) is 7.46. The van der Waals surface area contributed by atoms with Gasteiger partial charge in [-0.3, -0.25) is 0 Å². The molecule has 0 unspecified atom stereocenters. The quantitative estimate of drug-likeness (QED) is 0.855. The van der Waals surface area contributed by atoms with E-state index in [1.54, 1.807) is 14.2 Å². The van der Waals surface area contributed by atoms with E-state index in [9.17, 15) is 0 Å². The molecule has 0 saturated heterocycles. The summed E-state index contributed by atoms with van der Waals surface area (Å²) >= 11 is 3.44. The molecule has 16 heavy (non-hydrogen) atoms. The summed E-state index contributed by atoms with van der Waals surface area (Å²) in [4.78, 5) is 0. The Balaban J connectivity index is 3.39. The van der Waals surface area contributed by atoms with Crippen LogP contribution in [0.1, 0.15) is 19.4 Å². The van der Waals surface area contributed by atoms with E-state index in [4.69, 9.17) is 14.7 Å². The maximum Gasteiger partial charge on any atom is 0.161 e. The Labute approximate surface area is 104 Å². The molecule has 0 fully saturated rings. The van der Waals surface area contributed by atoms with Gasteiger partial charge in [0.15, 0.2) is 11.5 Å². The molecule has 0 aliphatic rings. The van der Waals surface area contributed by atoms with Crippen LogP contribution in [0.3, 0.4) is 0 Å². The highest BCUT2D eigenvalue weighted by atomic mass is 79.9. The number of hydrogen-bond acceptors (Lipinski definition) is 3. The standard InChI is InChI=1S/C12H14BrNO2/c1-12(2,7-14)8-5-10(15-3)11(16-4)6-9(8)13/h5-6H,1-4H3. The molecule has 0 aliphatic heterocycles.